The van der Waals surface area contributed by atoms with Gasteiger partial charge in [-0.05, 0) is 49.7 Å². The number of nitrogens with zero attached hydrogens (tertiary/aromatic N) is 1. The van der Waals surface area contributed by atoms with E-state index in [0.29, 0.717) is 12.8 Å². The number of hydrogen-bond donors (Lipinski definition) is 1. The molecule has 1 saturated heterocycles. The first kappa shape index (κ1) is 14.4. The summed E-state index contributed by atoms with van der Waals surface area (Å²) in [6.45, 7) is 4.36. The first-order valence-corrected chi connectivity index (χ1v) is 8.08. The Balaban J connectivity index is 1.57. The molecule has 114 valence electrons. The van der Waals surface area contributed by atoms with Crippen LogP contribution in [0.25, 0.3) is 0 Å². The summed E-state index contributed by atoms with van der Waals surface area (Å²) in [5.41, 5.74) is 1.16. The Hall–Kier alpha value is -1.49. The van der Waals surface area contributed by atoms with Gasteiger partial charge >= 0.3 is 0 Å². The monoisotopic (exact) mass is 306 g/mol. The van der Waals surface area contributed by atoms with Gasteiger partial charge in [0.05, 0.1) is 0 Å². The van der Waals surface area contributed by atoms with Crippen LogP contribution in [0.3, 0.4) is 0 Å². The second-order valence-electron chi connectivity index (χ2n) is 5.74. The van der Waals surface area contributed by atoms with Gasteiger partial charge in [-0.1, -0.05) is 18.9 Å². The third-order valence-electron chi connectivity index (χ3n) is 4.19. The van der Waals surface area contributed by atoms with E-state index in [0.717, 1.165) is 35.3 Å². The lowest BCUT2D eigenvalue weighted by Crippen LogP contribution is -2.44. The van der Waals surface area contributed by atoms with E-state index < -0.39 is 0 Å². The summed E-state index contributed by atoms with van der Waals surface area (Å²) in [7, 11) is 0. The fraction of sp³-hybridized carbons (Fsp3) is 0.562. The average Bonchev–Trinajstić information content (AvgIpc) is 2.85. The highest BCUT2D eigenvalue weighted by molar-refractivity contribution is 7.80. The first-order valence-electron chi connectivity index (χ1n) is 7.67. The van der Waals surface area contributed by atoms with Gasteiger partial charge in [-0.25, -0.2) is 0 Å². The molecule has 4 nitrogen and oxygen atoms in total. The van der Waals surface area contributed by atoms with Crippen molar-refractivity contribution in [1.82, 2.24) is 10.2 Å². The zero-order chi connectivity index (χ0) is 14.7. The zero-order valence-corrected chi connectivity index (χ0v) is 13.2. The van der Waals surface area contributed by atoms with Crippen LogP contribution in [-0.4, -0.2) is 29.4 Å². The second kappa shape index (κ2) is 6.52. The largest absolute Gasteiger partial charge is 0.454 e. The number of likely N-dealkylation sites (tertiary alicyclic amines) is 1. The van der Waals surface area contributed by atoms with E-state index in [2.05, 4.69) is 23.2 Å². The summed E-state index contributed by atoms with van der Waals surface area (Å²) in [6.07, 6.45) is 5.08. The summed E-state index contributed by atoms with van der Waals surface area (Å²) in [5, 5.41) is 4.24. The van der Waals surface area contributed by atoms with Gasteiger partial charge in [0.25, 0.3) is 0 Å². The smallest absolute Gasteiger partial charge is 0.231 e. The zero-order valence-electron chi connectivity index (χ0n) is 12.4. The van der Waals surface area contributed by atoms with Crippen LogP contribution in [-0.2, 0) is 6.54 Å². The lowest BCUT2D eigenvalue weighted by Gasteiger charge is -2.30. The molecule has 0 radical (unpaired) electrons. The molecule has 3 rings (SSSR count). The lowest BCUT2D eigenvalue weighted by molar-refractivity contribution is 0.174. The molecule has 1 aromatic rings. The van der Waals surface area contributed by atoms with E-state index in [-0.39, 0.29) is 0 Å². The minimum Gasteiger partial charge on any atom is -0.454 e. The van der Waals surface area contributed by atoms with Crippen molar-refractivity contribution >= 4 is 17.3 Å². The molecule has 5 heteroatoms. The number of thiocarbonyl (C=S) groups is 1. The van der Waals surface area contributed by atoms with Crippen LogP contribution < -0.4 is 14.8 Å². The highest BCUT2D eigenvalue weighted by Crippen LogP contribution is 2.32. The summed E-state index contributed by atoms with van der Waals surface area (Å²) < 4.78 is 10.7. The van der Waals surface area contributed by atoms with Gasteiger partial charge in [0.1, 0.15) is 0 Å². The maximum atomic E-state index is 5.57. The molecule has 1 unspecified atom stereocenters. The Morgan fingerprint density at radius 3 is 3.05 bits per heavy atom. The van der Waals surface area contributed by atoms with Crippen LogP contribution in [0.2, 0.25) is 0 Å². The van der Waals surface area contributed by atoms with Crippen molar-refractivity contribution in [2.45, 2.75) is 45.2 Å². The molecule has 0 aromatic heterocycles. The van der Waals surface area contributed by atoms with E-state index in [1.165, 1.54) is 25.7 Å². The van der Waals surface area contributed by atoms with Crippen molar-refractivity contribution < 1.29 is 9.47 Å². The normalized spacial score (nSPS) is 21.0. The minimum absolute atomic E-state index is 0.315. The Morgan fingerprint density at radius 2 is 2.14 bits per heavy atom. The molecule has 0 amide bonds. The number of ether oxygens (including phenoxy) is 2. The van der Waals surface area contributed by atoms with Gasteiger partial charge in [0.15, 0.2) is 16.6 Å². The van der Waals surface area contributed by atoms with E-state index in [4.69, 9.17) is 21.7 Å². The molecule has 1 atom stereocenters. The van der Waals surface area contributed by atoms with Crippen molar-refractivity contribution in [3.05, 3.63) is 23.8 Å². The molecule has 0 saturated carbocycles. The molecule has 0 spiro atoms. The topological polar surface area (TPSA) is 33.7 Å². The molecule has 1 fully saturated rings. The van der Waals surface area contributed by atoms with Crippen molar-refractivity contribution in [1.29, 1.82) is 0 Å². The van der Waals surface area contributed by atoms with Crippen molar-refractivity contribution in [2.75, 3.05) is 13.3 Å². The second-order valence-corrected chi connectivity index (χ2v) is 6.12. The van der Waals surface area contributed by atoms with E-state index in [1.807, 2.05) is 12.1 Å². The van der Waals surface area contributed by atoms with E-state index in [1.54, 1.807) is 0 Å². The maximum Gasteiger partial charge on any atom is 0.231 e. The van der Waals surface area contributed by atoms with Gasteiger partial charge in [0.2, 0.25) is 6.79 Å². The number of fused-ring (bicyclic) bond motifs is 1. The standard InChI is InChI=1S/C16H22N2O2S/c1-12-5-3-2-4-8-18(12)16(21)17-10-13-6-7-14-15(9-13)20-11-19-14/h6-7,9,12H,2-5,8,10-11H2,1H3,(H,17,21). The highest BCUT2D eigenvalue weighted by atomic mass is 32.1. The van der Waals surface area contributed by atoms with Crippen LogP contribution >= 0.6 is 12.2 Å². The summed E-state index contributed by atoms with van der Waals surface area (Å²) >= 11 is 5.57. The number of hydrogen-bond acceptors (Lipinski definition) is 3. The molecular formula is C16H22N2O2S. The minimum atomic E-state index is 0.315. The van der Waals surface area contributed by atoms with Crippen LogP contribution in [0, 0.1) is 0 Å². The Labute approximate surface area is 131 Å². The Morgan fingerprint density at radius 1 is 1.29 bits per heavy atom. The number of nitrogens with one attached hydrogen (secondary N) is 1. The quantitative estimate of drug-likeness (QED) is 0.849. The fourth-order valence-electron chi connectivity index (χ4n) is 2.91. The molecule has 21 heavy (non-hydrogen) atoms. The third kappa shape index (κ3) is 3.40. The summed E-state index contributed by atoms with van der Waals surface area (Å²) in [5.74, 6) is 1.64. The van der Waals surface area contributed by atoms with Crippen LogP contribution in [0.15, 0.2) is 18.2 Å². The van der Waals surface area contributed by atoms with Gasteiger partial charge in [-0.15, -0.1) is 0 Å². The SMILES string of the molecule is CC1CCCCCN1C(=S)NCc1ccc2c(c1)OCO2. The summed E-state index contributed by atoms with van der Waals surface area (Å²) in [4.78, 5) is 2.33. The van der Waals surface area contributed by atoms with Crippen molar-refractivity contribution in [3.8, 4) is 11.5 Å². The molecule has 1 aromatic carbocycles. The molecule has 2 heterocycles. The van der Waals surface area contributed by atoms with Crippen LogP contribution in [0.5, 0.6) is 11.5 Å². The average molecular weight is 306 g/mol. The van der Waals surface area contributed by atoms with Gasteiger partial charge in [-0.3, -0.25) is 0 Å². The van der Waals surface area contributed by atoms with Gasteiger partial charge in [-0.2, -0.15) is 0 Å². The van der Waals surface area contributed by atoms with Gasteiger partial charge in [0, 0.05) is 19.1 Å². The first-order chi connectivity index (χ1) is 10.2. The van der Waals surface area contributed by atoms with E-state index in [9.17, 15) is 0 Å². The summed E-state index contributed by atoms with van der Waals surface area (Å²) in [6, 6.07) is 6.56. The highest BCUT2D eigenvalue weighted by Gasteiger charge is 2.19. The van der Waals surface area contributed by atoms with Crippen molar-refractivity contribution in [2.24, 2.45) is 0 Å². The Bertz CT molecular complexity index is 521. The number of rotatable bonds is 2. The molecule has 0 bridgehead atoms. The number of benzene rings is 1. The van der Waals surface area contributed by atoms with E-state index >= 15 is 0 Å². The fourth-order valence-corrected chi connectivity index (χ4v) is 3.25. The molecule has 0 aliphatic carbocycles. The lowest BCUT2D eigenvalue weighted by atomic mass is 10.1. The predicted octanol–water partition coefficient (Wildman–Crippen LogP) is 3.05. The van der Waals surface area contributed by atoms with Crippen LogP contribution in [0.4, 0.5) is 0 Å². The van der Waals surface area contributed by atoms with Crippen LogP contribution in [0.1, 0.15) is 38.2 Å². The molecule has 2 aliphatic heterocycles. The molecule has 2 aliphatic rings. The molecule has 1 N–H and O–H groups in total. The third-order valence-corrected chi connectivity index (χ3v) is 4.57. The van der Waals surface area contributed by atoms with Gasteiger partial charge < -0.3 is 19.7 Å². The Kier molecular flexibility index (Phi) is 4.48. The molecular weight excluding hydrogens is 284 g/mol. The maximum absolute atomic E-state index is 5.57. The predicted molar refractivity (Wildman–Crippen MR) is 86.6 cm³/mol. The van der Waals surface area contributed by atoms with Crippen molar-refractivity contribution in [3.63, 3.8) is 0 Å².